The molecule has 0 unspecified atom stereocenters. The summed E-state index contributed by atoms with van der Waals surface area (Å²) in [6, 6.07) is 1.87. The normalized spacial score (nSPS) is 13.4. The van der Waals surface area contributed by atoms with Crippen molar-refractivity contribution in [1.29, 1.82) is 0 Å². The number of alkyl carbamates (subject to hydrolysis) is 1. The fourth-order valence-electron chi connectivity index (χ4n) is 1.68. The molecule has 3 N–H and O–H groups in total. The van der Waals surface area contributed by atoms with Crippen molar-refractivity contribution in [3.05, 3.63) is 35.9 Å². The van der Waals surface area contributed by atoms with Crippen LogP contribution in [0.25, 0.3) is 5.82 Å². The van der Waals surface area contributed by atoms with Gasteiger partial charge in [0.2, 0.25) is 0 Å². The van der Waals surface area contributed by atoms with Crippen LogP contribution in [0, 0.1) is 13.8 Å². The minimum atomic E-state index is -0.668. The molecule has 1 amide bonds. The quantitative estimate of drug-likeness (QED) is 0.781. The number of aryl methyl sites for hydroxylation is 2. The predicted molar refractivity (Wildman–Crippen MR) is 95.0 cm³/mol. The first-order chi connectivity index (χ1) is 10.5. The SMILES string of the molecule is C=CC(Br)=N/C(=C(\N)NC(=O)OC(C)(C)C)n1nc(C)cc1C. The van der Waals surface area contributed by atoms with Crippen molar-refractivity contribution in [2.24, 2.45) is 10.7 Å². The van der Waals surface area contributed by atoms with E-state index in [0.717, 1.165) is 11.4 Å². The van der Waals surface area contributed by atoms with Crippen LogP contribution in [0.3, 0.4) is 0 Å². The lowest BCUT2D eigenvalue weighted by molar-refractivity contribution is 0.0545. The number of hydrogen-bond acceptors (Lipinski definition) is 5. The summed E-state index contributed by atoms with van der Waals surface area (Å²) >= 11 is 3.25. The zero-order chi connectivity index (χ0) is 17.8. The first-order valence-electron chi connectivity index (χ1n) is 6.93. The average Bonchev–Trinajstić information content (AvgIpc) is 2.71. The Labute approximate surface area is 144 Å². The van der Waals surface area contributed by atoms with Crippen molar-refractivity contribution in [3.63, 3.8) is 0 Å². The zero-order valence-corrected chi connectivity index (χ0v) is 15.6. The van der Waals surface area contributed by atoms with E-state index < -0.39 is 11.7 Å². The highest BCUT2D eigenvalue weighted by molar-refractivity contribution is 9.18. The summed E-state index contributed by atoms with van der Waals surface area (Å²) in [5.41, 5.74) is 6.98. The van der Waals surface area contributed by atoms with Gasteiger partial charge in [-0.3, -0.25) is 5.32 Å². The summed E-state index contributed by atoms with van der Waals surface area (Å²) in [5.74, 6) is 0.275. The number of aliphatic imine (C=N–C) groups is 1. The maximum absolute atomic E-state index is 11.9. The molecular weight excluding hydrogens is 362 g/mol. The van der Waals surface area contributed by atoms with E-state index in [9.17, 15) is 4.79 Å². The summed E-state index contributed by atoms with van der Waals surface area (Å²) in [5, 5.41) is 6.80. The highest BCUT2D eigenvalue weighted by Crippen LogP contribution is 2.15. The molecule has 0 bridgehead atoms. The molecule has 1 aromatic rings. The van der Waals surface area contributed by atoms with Crippen LogP contribution in [0.5, 0.6) is 0 Å². The molecule has 1 rings (SSSR count). The molecule has 0 aliphatic rings. The van der Waals surface area contributed by atoms with E-state index in [1.165, 1.54) is 10.8 Å². The molecule has 8 heteroatoms. The van der Waals surface area contributed by atoms with Crippen molar-refractivity contribution in [2.75, 3.05) is 0 Å². The Hall–Kier alpha value is -2.09. The maximum atomic E-state index is 11.9. The lowest BCUT2D eigenvalue weighted by atomic mass is 10.2. The van der Waals surface area contributed by atoms with Crippen molar-refractivity contribution in [2.45, 2.75) is 40.2 Å². The Morgan fingerprint density at radius 2 is 2.13 bits per heavy atom. The van der Waals surface area contributed by atoms with Crippen molar-refractivity contribution < 1.29 is 9.53 Å². The Bertz CT molecular complexity index is 668. The zero-order valence-electron chi connectivity index (χ0n) is 14.0. The summed E-state index contributed by atoms with van der Waals surface area (Å²) in [4.78, 5) is 16.2. The first kappa shape index (κ1) is 19.0. The highest BCUT2D eigenvalue weighted by Gasteiger charge is 2.19. The molecule has 1 aromatic heterocycles. The van der Waals surface area contributed by atoms with Gasteiger partial charge in [0.15, 0.2) is 11.6 Å². The van der Waals surface area contributed by atoms with Crippen LogP contribution in [0.15, 0.2) is 29.5 Å². The number of nitrogens with one attached hydrogen (secondary N) is 1. The third-order valence-electron chi connectivity index (χ3n) is 2.47. The van der Waals surface area contributed by atoms with Crippen LogP contribution in [0.1, 0.15) is 32.2 Å². The number of amides is 1. The van der Waals surface area contributed by atoms with Crippen LogP contribution in [0.2, 0.25) is 0 Å². The van der Waals surface area contributed by atoms with Gasteiger partial charge in [0.25, 0.3) is 0 Å². The Balaban J connectivity index is 3.24. The summed E-state index contributed by atoms with van der Waals surface area (Å²) in [6.45, 7) is 12.6. The maximum Gasteiger partial charge on any atom is 0.413 e. The molecule has 0 saturated heterocycles. The molecule has 7 nitrogen and oxygen atoms in total. The molecule has 23 heavy (non-hydrogen) atoms. The molecular formula is C15H22BrN5O2. The number of rotatable bonds is 4. The molecule has 0 saturated carbocycles. The molecule has 0 aliphatic heterocycles. The minimum Gasteiger partial charge on any atom is -0.444 e. The minimum absolute atomic E-state index is 0.0178. The van der Waals surface area contributed by atoms with Gasteiger partial charge in [-0.1, -0.05) is 6.58 Å². The van der Waals surface area contributed by atoms with Crippen molar-refractivity contribution in [1.82, 2.24) is 15.1 Å². The Morgan fingerprint density at radius 1 is 1.52 bits per heavy atom. The van der Waals surface area contributed by atoms with Crippen LogP contribution in [-0.4, -0.2) is 26.1 Å². The standard InChI is InChI=1S/C15H22BrN5O2/c1-7-11(16)18-13(21-10(3)8-9(2)20-21)12(17)19-14(22)23-15(4,5)6/h7-8H,1,17H2,2-6H3,(H,19,22)/b13-12-,18-11?. The summed E-state index contributed by atoms with van der Waals surface area (Å²) in [6.07, 6.45) is 0.839. The molecule has 0 aliphatic carbocycles. The fraction of sp³-hybridized carbons (Fsp3) is 0.400. The van der Waals surface area contributed by atoms with Crippen LogP contribution in [0.4, 0.5) is 4.79 Å². The van der Waals surface area contributed by atoms with Crippen LogP contribution < -0.4 is 11.1 Å². The fourth-order valence-corrected chi connectivity index (χ4v) is 1.85. The van der Waals surface area contributed by atoms with E-state index in [1.54, 1.807) is 20.8 Å². The van der Waals surface area contributed by atoms with Gasteiger partial charge in [-0.25, -0.2) is 14.5 Å². The Morgan fingerprint density at radius 3 is 2.57 bits per heavy atom. The lowest BCUT2D eigenvalue weighted by Gasteiger charge is -2.20. The lowest BCUT2D eigenvalue weighted by Crippen LogP contribution is -2.35. The van der Waals surface area contributed by atoms with Gasteiger partial charge in [-0.2, -0.15) is 5.10 Å². The number of halogens is 1. The first-order valence-corrected chi connectivity index (χ1v) is 7.73. The largest absolute Gasteiger partial charge is 0.444 e. The van der Waals surface area contributed by atoms with E-state index in [2.05, 4.69) is 37.9 Å². The van der Waals surface area contributed by atoms with Crippen molar-refractivity contribution >= 4 is 32.5 Å². The van der Waals surface area contributed by atoms with E-state index in [1.807, 2.05) is 19.9 Å². The molecule has 0 radical (unpaired) electrons. The molecule has 0 fully saturated rings. The second-order valence-electron chi connectivity index (χ2n) is 5.84. The third kappa shape index (κ3) is 5.90. The molecule has 126 valence electrons. The topological polar surface area (TPSA) is 94.5 Å². The number of hydrogen-bond donors (Lipinski definition) is 2. The molecule has 1 heterocycles. The third-order valence-corrected chi connectivity index (χ3v) is 2.97. The van der Waals surface area contributed by atoms with E-state index >= 15 is 0 Å². The van der Waals surface area contributed by atoms with Gasteiger partial charge in [0.1, 0.15) is 10.2 Å². The molecule has 0 spiro atoms. The molecule has 0 atom stereocenters. The monoisotopic (exact) mass is 383 g/mol. The number of nitrogens with zero attached hydrogens (tertiary/aromatic N) is 3. The second-order valence-corrected chi connectivity index (χ2v) is 6.65. The number of ether oxygens (including phenoxy) is 1. The highest BCUT2D eigenvalue weighted by atomic mass is 79.9. The Kier molecular flexibility index (Phi) is 6.14. The van der Waals surface area contributed by atoms with Crippen LogP contribution >= 0.6 is 15.9 Å². The summed E-state index contributed by atoms with van der Waals surface area (Å²) in [7, 11) is 0. The van der Waals surface area contributed by atoms with Gasteiger partial charge in [-0.05, 0) is 62.7 Å². The molecule has 0 aromatic carbocycles. The second kappa shape index (κ2) is 7.45. The van der Waals surface area contributed by atoms with Gasteiger partial charge in [0.05, 0.1) is 5.69 Å². The van der Waals surface area contributed by atoms with E-state index in [0.29, 0.717) is 4.62 Å². The van der Waals surface area contributed by atoms with Gasteiger partial charge in [-0.15, -0.1) is 0 Å². The van der Waals surface area contributed by atoms with Gasteiger partial charge >= 0.3 is 6.09 Å². The number of carbonyl (C=O) groups is 1. The predicted octanol–water partition coefficient (Wildman–Crippen LogP) is 3.05. The van der Waals surface area contributed by atoms with E-state index in [-0.39, 0.29) is 11.6 Å². The average molecular weight is 384 g/mol. The smallest absolute Gasteiger partial charge is 0.413 e. The van der Waals surface area contributed by atoms with Gasteiger partial charge < -0.3 is 10.5 Å². The number of aromatic nitrogens is 2. The van der Waals surface area contributed by atoms with E-state index in [4.69, 9.17) is 10.5 Å². The number of allylic oxidation sites excluding steroid dienone is 1. The number of carbonyl (C=O) groups excluding carboxylic acids is 1. The van der Waals surface area contributed by atoms with Crippen molar-refractivity contribution in [3.8, 4) is 0 Å². The van der Waals surface area contributed by atoms with Crippen LogP contribution in [-0.2, 0) is 4.74 Å². The van der Waals surface area contributed by atoms with Gasteiger partial charge in [0, 0.05) is 5.69 Å². The number of nitrogens with two attached hydrogens (primary N) is 1. The summed E-state index contributed by atoms with van der Waals surface area (Å²) < 4.78 is 7.17.